The molecule has 2 aromatic rings. The first-order valence-corrected chi connectivity index (χ1v) is 10.6. The zero-order valence-electron chi connectivity index (χ0n) is 20.1. The predicted molar refractivity (Wildman–Crippen MR) is 124 cm³/mol. The van der Waals surface area contributed by atoms with E-state index < -0.39 is 54.7 Å². The predicted octanol–water partition coefficient (Wildman–Crippen LogP) is 1.69. The molecule has 1 aromatic carbocycles. The Bertz CT molecular complexity index is 1170. The molecule has 1 unspecified atom stereocenters. The molecule has 0 aliphatic heterocycles. The molecule has 6 N–H and O–H groups in total. The number of nitrogens with zero attached hydrogens (tertiary/aromatic N) is 1. The van der Waals surface area contributed by atoms with Crippen molar-refractivity contribution in [2.24, 2.45) is 11.7 Å². The van der Waals surface area contributed by atoms with Gasteiger partial charge < -0.3 is 35.1 Å². The molecule has 38 heavy (non-hydrogen) atoms. The second-order valence-electron chi connectivity index (χ2n) is 7.87. The Morgan fingerprint density at radius 2 is 1.53 bits per heavy atom. The van der Waals surface area contributed by atoms with Gasteiger partial charge in [0.2, 0.25) is 11.7 Å². The van der Waals surface area contributed by atoms with Crippen molar-refractivity contribution in [3.05, 3.63) is 53.5 Å². The van der Waals surface area contributed by atoms with Crippen LogP contribution in [0.5, 0.6) is 5.75 Å². The number of esters is 1. The van der Waals surface area contributed by atoms with Crippen molar-refractivity contribution in [1.82, 2.24) is 4.90 Å². The van der Waals surface area contributed by atoms with Crippen LogP contribution in [0, 0.1) is 11.3 Å². The van der Waals surface area contributed by atoms with Crippen molar-refractivity contribution >= 4 is 35.6 Å². The van der Waals surface area contributed by atoms with E-state index in [4.69, 9.17) is 35.6 Å². The number of rotatable bonds is 11. The maximum absolute atomic E-state index is 12.4. The van der Waals surface area contributed by atoms with E-state index in [1.165, 1.54) is 43.3 Å². The lowest BCUT2D eigenvalue weighted by Crippen LogP contribution is -2.42. The molecule has 13 nitrogen and oxygen atoms in total. The molecule has 0 bridgehead atoms. The number of aliphatic carboxylic acids is 3. The minimum Gasteiger partial charge on any atom is -0.480 e. The van der Waals surface area contributed by atoms with Gasteiger partial charge in [0.1, 0.15) is 30.4 Å². The van der Waals surface area contributed by atoms with Crippen molar-refractivity contribution in [3.63, 3.8) is 0 Å². The molecule has 1 heterocycles. The van der Waals surface area contributed by atoms with Gasteiger partial charge in [0.05, 0.1) is 0 Å². The number of benzene rings is 1. The van der Waals surface area contributed by atoms with Gasteiger partial charge in [0.25, 0.3) is 0 Å². The van der Waals surface area contributed by atoms with Crippen molar-refractivity contribution in [3.8, 4) is 5.75 Å². The lowest BCUT2D eigenvalue weighted by molar-refractivity contribution is -0.162. The number of amides is 1. The summed E-state index contributed by atoms with van der Waals surface area (Å²) < 4.78 is 33.1. The highest BCUT2D eigenvalue weighted by Gasteiger charge is 2.31. The number of nitrogens with one attached hydrogen (secondary N) is 1. The van der Waals surface area contributed by atoms with Crippen LogP contribution in [-0.2, 0) is 25.6 Å². The lowest BCUT2D eigenvalue weighted by Gasteiger charge is -2.22. The number of furan rings is 1. The fourth-order valence-electron chi connectivity index (χ4n) is 2.70. The normalized spacial score (nSPS) is 11.4. The summed E-state index contributed by atoms with van der Waals surface area (Å²) in [4.78, 5) is 56.4. The first kappa shape index (κ1) is 31.2. The number of nitrogen functional groups attached to an aromatic ring is 1. The Morgan fingerprint density at radius 3 is 1.95 bits per heavy atom. The molecule has 0 aliphatic rings. The van der Waals surface area contributed by atoms with E-state index in [-0.39, 0.29) is 29.5 Å². The summed E-state index contributed by atoms with van der Waals surface area (Å²) in [5, 5.41) is 32.6. The molecule has 1 amide bonds. The van der Waals surface area contributed by atoms with E-state index in [0.717, 1.165) is 4.90 Å². The molecule has 15 heteroatoms. The molecule has 0 saturated carbocycles. The second-order valence-corrected chi connectivity index (χ2v) is 7.87. The topological polar surface area (TPSA) is 222 Å². The quantitative estimate of drug-likeness (QED) is 0.119. The number of carbonyl (C=O) groups excluding carboxylic acids is 2. The molecule has 2 rings (SSSR count). The Hall–Kier alpha value is -4.82. The average Bonchev–Trinajstić information content (AvgIpc) is 3.26. The molecule has 0 radical (unpaired) electrons. The van der Waals surface area contributed by atoms with Crippen LogP contribution in [-0.4, -0.2) is 74.9 Å². The zero-order valence-corrected chi connectivity index (χ0v) is 20.1. The van der Waals surface area contributed by atoms with Crippen LogP contribution >= 0.6 is 0 Å². The molecule has 1 atom stereocenters. The monoisotopic (exact) mass is 541 g/mol. The summed E-state index contributed by atoms with van der Waals surface area (Å²) in [6.07, 6.45) is 0.0230. The van der Waals surface area contributed by atoms with E-state index in [1.54, 1.807) is 0 Å². The number of nitrogens with two attached hydrogens (primary N) is 1. The largest absolute Gasteiger partial charge is 0.480 e. The summed E-state index contributed by atoms with van der Waals surface area (Å²) in [7, 11) is 0. The van der Waals surface area contributed by atoms with Crippen molar-refractivity contribution in [2.75, 3.05) is 13.1 Å². The number of hydrogen-bond acceptors (Lipinski definition) is 8. The van der Waals surface area contributed by atoms with Gasteiger partial charge in [-0.1, -0.05) is 6.92 Å². The van der Waals surface area contributed by atoms with Crippen LogP contribution in [0.4, 0.5) is 8.78 Å². The standard InChI is InChI=1S/C20H21N3O8.C3H4F2O2/c1-11(19(28)23(9-16(24)25)10-17(26)27)8-14-6-7-15(30-14)20(29)31-13-4-2-12(3-5-13)18(21)22;1-3(4,5)2(6)7/h2-7,11H,8-10H2,1H3,(H3,21,22)(H,24,25)(H,26,27);1H3,(H,6,7). The van der Waals surface area contributed by atoms with Crippen LogP contribution in [0.2, 0.25) is 0 Å². The maximum atomic E-state index is 12.4. The molecule has 0 spiro atoms. The highest BCUT2D eigenvalue weighted by atomic mass is 19.3. The number of hydrogen-bond donors (Lipinski definition) is 5. The highest BCUT2D eigenvalue weighted by Crippen LogP contribution is 2.18. The van der Waals surface area contributed by atoms with Gasteiger partial charge in [-0.05, 0) is 36.4 Å². The molecule has 0 fully saturated rings. The van der Waals surface area contributed by atoms with Crippen LogP contribution in [0.15, 0.2) is 40.8 Å². The maximum Gasteiger partial charge on any atom is 0.379 e. The van der Waals surface area contributed by atoms with E-state index in [1.807, 2.05) is 0 Å². The van der Waals surface area contributed by atoms with Crippen LogP contribution < -0.4 is 10.5 Å². The molecule has 0 saturated heterocycles. The molecule has 0 aliphatic carbocycles. The van der Waals surface area contributed by atoms with Gasteiger partial charge in [0.15, 0.2) is 0 Å². The minimum atomic E-state index is -3.58. The van der Waals surface area contributed by atoms with Crippen LogP contribution in [0.1, 0.15) is 35.7 Å². The average molecular weight is 541 g/mol. The van der Waals surface area contributed by atoms with Gasteiger partial charge in [-0.15, -0.1) is 0 Å². The van der Waals surface area contributed by atoms with Gasteiger partial charge in [0, 0.05) is 24.8 Å². The zero-order chi connectivity index (χ0) is 29.2. The van der Waals surface area contributed by atoms with Crippen LogP contribution in [0.25, 0.3) is 0 Å². The second kappa shape index (κ2) is 13.5. The summed E-state index contributed by atoms with van der Waals surface area (Å²) >= 11 is 0. The minimum absolute atomic E-state index is 0.0230. The fourth-order valence-corrected chi connectivity index (χ4v) is 2.70. The molecular weight excluding hydrogens is 516 g/mol. The van der Waals surface area contributed by atoms with Gasteiger partial charge in [-0.25, -0.2) is 9.59 Å². The van der Waals surface area contributed by atoms with Crippen molar-refractivity contribution in [1.29, 1.82) is 5.41 Å². The smallest absolute Gasteiger partial charge is 0.379 e. The molecule has 1 aromatic heterocycles. The van der Waals surface area contributed by atoms with Gasteiger partial charge in [-0.3, -0.25) is 19.8 Å². The van der Waals surface area contributed by atoms with Crippen molar-refractivity contribution < 1.29 is 57.2 Å². The third kappa shape index (κ3) is 10.4. The van der Waals surface area contributed by atoms with Gasteiger partial charge in [-0.2, -0.15) is 8.78 Å². The summed E-state index contributed by atoms with van der Waals surface area (Å²) in [5.74, 6) is -10.3. The van der Waals surface area contributed by atoms with Crippen LogP contribution in [0.3, 0.4) is 0 Å². The number of halogens is 2. The number of ether oxygens (including phenoxy) is 1. The third-order valence-electron chi connectivity index (χ3n) is 4.51. The van der Waals surface area contributed by atoms with Crippen molar-refractivity contribution in [2.45, 2.75) is 26.2 Å². The Kier molecular flexibility index (Phi) is 11.1. The number of carboxylic acid groups (broad SMARTS) is 3. The molecular formula is C23H25F2N3O10. The number of carbonyl (C=O) groups is 5. The van der Waals surface area contributed by atoms with E-state index >= 15 is 0 Å². The van der Waals surface area contributed by atoms with E-state index in [9.17, 15) is 32.8 Å². The third-order valence-corrected chi connectivity index (χ3v) is 4.51. The fraction of sp³-hybridized carbons (Fsp3) is 0.304. The Labute approximate surface area is 213 Å². The number of alkyl halides is 2. The summed E-state index contributed by atoms with van der Waals surface area (Å²) in [6.45, 7) is 0.340. The Morgan fingerprint density at radius 1 is 1.03 bits per heavy atom. The SMILES string of the molecule is CC(Cc1ccc(C(=O)Oc2ccc(C(=N)N)cc2)o1)C(=O)N(CC(=O)O)CC(=O)O.CC(F)(F)C(=O)O. The summed E-state index contributed by atoms with van der Waals surface area (Å²) in [5.41, 5.74) is 5.83. The Balaban J connectivity index is 0.000000905. The van der Waals surface area contributed by atoms with E-state index in [2.05, 4.69) is 0 Å². The lowest BCUT2D eigenvalue weighted by atomic mass is 10.0. The van der Waals surface area contributed by atoms with E-state index in [0.29, 0.717) is 12.5 Å². The first-order chi connectivity index (χ1) is 17.5. The van der Waals surface area contributed by atoms with Gasteiger partial charge >= 0.3 is 29.8 Å². The first-order valence-electron chi connectivity index (χ1n) is 10.6. The summed E-state index contributed by atoms with van der Waals surface area (Å²) in [6, 6.07) is 8.82. The highest BCUT2D eigenvalue weighted by molar-refractivity contribution is 5.95. The number of amidine groups is 1. The number of carboxylic acids is 3. The molecule has 206 valence electrons.